The first-order chi connectivity index (χ1) is 9.85. The van der Waals surface area contributed by atoms with Crippen LogP contribution in [0.2, 0.25) is 0 Å². The molecule has 20 heavy (non-hydrogen) atoms. The van der Waals surface area contributed by atoms with Gasteiger partial charge < -0.3 is 20.1 Å². The number of benzene rings is 1. The fourth-order valence-electron chi connectivity index (χ4n) is 3.02. The molecule has 5 nitrogen and oxygen atoms in total. The molecule has 0 amide bonds. The van der Waals surface area contributed by atoms with Crippen LogP contribution in [0.4, 0.5) is 5.82 Å². The summed E-state index contributed by atoms with van der Waals surface area (Å²) in [5, 5.41) is 2.25. The third-order valence-corrected chi connectivity index (χ3v) is 4.16. The van der Waals surface area contributed by atoms with Crippen LogP contribution in [0.3, 0.4) is 0 Å². The molecule has 0 aliphatic carbocycles. The highest BCUT2D eigenvalue weighted by Gasteiger charge is 2.24. The summed E-state index contributed by atoms with van der Waals surface area (Å²) in [6, 6.07) is 6.08. The van der Waals surface area contributed by atoms with Crippen LogP contribution < -0.4 is 20.1 Å². The van der Waals surface area contributed by atoms with Crippen LogP contribution in [0, 0.1) is 5.92 Å². The van der Waals surface area contributed by atoms with Gasteiger partial charge in [-0.05, 0) is 42.5 Å². The van der Waals surface area contributed by atoms with Gasteiger partial charge in [0.05, 0.1) is 0 Å². The normalized spacial score (nSPS) is 20.9. The maximum atomic E-state index is 5.78. The number of hydrogen-bond donors (Lipinski definition) is 1. The van der Waals surface area contributed by atoms with Crippen molar-refractivity contribution in [2.24, 2.45) is 11.7 Å². The van der Waals surface area contributed by atoms with Crippen LogP contribution in [0.25, 0.3) is 10.8 Å². The van der Waals surface area contributed by atoms with Crippen molar-refractivity contribution in [3.63, 3.8) is 0 Å². The Bertz CT molecular complexity index is 659. The van der Waals surface area contributed by atoms with Crippen LogP contribution in [0.5, 0.6) is 11.5 Å². The lowest BCUT2D eigenvalue weighted by molar-refractivity contribution is 0.174. The van der Waals surface area contributed by atoms with Gasteiger partial charge in [0.25, 0.3) is 0 Å². The second-order valence-electron chi connectivity index (χ2n) is 5.40. The van der Waals surface area contributed by atoms with Gasteiger partial charge in [0.15, 0.2) is 11.5 Å². The number of rotatable bonds is 2. The first kappa shape index (κ1) is 11.8. The molecule has 3 heterocycles. The Morgan fingerprint density at radius 3 is 2.95 bits per heavy atom. The van der Waals surface area contributed by atoms with E-state index >= 15 is 0 Å². The number of nitrogens with zero attached hydrogens (tertiary/aromatic N) is 2. The molecule has 1 aromatic carbocycles. The maximum Gasteiger partial charge on any atom is 0.231 e. The summed E-state index contributed by atoms with van der Waals surface area (Å²) in [6.45, 7) is 3.04. The minimum absolute atomic E-state index is 0.299. The molecule has 0 radical (unpaired) electrons. The Kier molecular flexibility index (Phi) is 2.67. The monoisotopic (exact) mass is 271 g/mol. The summed E-state index contributed by atoms with van der Waals surface area (Å²) in [6.07, 6.45) is 2.99. The molecule has 2 aliphatic heterocycles. The molecule has 2 N–H and O–H groups in total. The van der Waals surface area contributed by atoms with Gasteiger partial charge in [-0.3, -0.25) is 0 Å². The van der Waals surface area contributed by atoms with E-state index in [1.165, 1.54) is 0 Å². The van der Waals surface area contributed by atoms with Crippen LogP contribution in [0.1, 0.15) is 6.42 Å². The van der Waals surface area contributed by atoms with Crippen molar-refractivity contribution in [2.75, 3.05) is 31.3 Å². The minimum Gasteiger partial charge on any atom is -0.454 e. The third kappa shape index (κ3) is 1.78. The zero-order valence-corrected chi connectivity index (χ0v) is 11.2. The number of hydrogen-bond acceptors (Lipinski definition) is 5. The average Bonchev–Trinajstić information content (AvgIpc) is 3.12. The lowest BCUT2D eigenvalue weighted by atomic mass is 10.1. The number of pyridine rings is 1. The molecule has 1 aromatic heterocycles. The van der Waals surface area contributed by atoms with Gasteiger partial charge in [0.1, 0.15) is 5.82 Å². The van der Waals surface area contributed by atoms with E-state index in [1.54, 1.807) is 0 Å². The number of nitrogens with two attached hydrogens (primary N) is 1. The molecule has 2 aromatic rings. The molecule has 1 fully saturated rings. The van der Waals surface area contributed by atoms with Gasteiger partial charge in [0, 0.05) is 24.7 Å². The number of anilines is 1. The van der Waals surface area contributed by atoms with Crippen molar-refractivity contribution >= 4 is 16.6 Å². The van der Waals surface area contributed by atoms with Gasteiger partial charge in [-0.1, -0.05) is 0 Å². The lowest BCUT2D eigenvalue weighted by Gasteiger charge is -2.19. The summed E-state index contributed by atoms with van der Waals surface area (Å²) in [7, 11) is 0. The zero-order valence-electron chi connectivity index (χ0n) is 11.2. The predicted octanol–water partition coefficient (Wildman–Crippen LogP) is 1.75. The summed E-state index contributed by atoms with van der Waals surface area (Å²) in [5.74, 6) is 3.22. The second kappa shape index (κ2) is 4.52. The highest BCUT2D eigenvalue weighted by Crippen LogP contribution is 2.39. The molecule has 1 saturated heterocycles. The fraction of sp³-hybridized carbons (Fsp3) is 0.400. The van der Waals surface area contributed by atoms with Crippen molar-refractivity contribution in [3.8, 4) is 11.5 Å². The van der Waals surface area contributed by atoms with Crippen molar-refractivity contribution in [1.29, 1.82) is 0 Å². The SMILES string of the molecule is NCC1CCN(c2nccc3cc4c(cc23)OCO4)C1. The molecule has 4 rings (SSSR count). The Morgan fingerprint density at radius 1 is 1.30 bits per heavy atom. The zero-order chi connectivity index (χ0) is 13.5. The van der Waals surface area contributed by atoms with Gasteiger partial charge in [-0.25, -0.2) is 4.98 Å². The Balaban J connectivity index is 1.80. The topological polar surface area (TPSA) is 60.6 Å². The van der Waals surface area contributed by atoms with Crippen molar-refractivity contribution in [1.82, 2.24) is 4.98 Å². The van der Waals surface area contributed by atoms with Crippen LogP contribution >= 0.6 is 0 Å². The average molecular weight is 271 g/mol. The van der Waals surface area contributed by atoms with E-state index in [0.717, 1.165) is 54.1 Å². The number of aromatic nitrogens is 1. The quantitative estimate of drug-likeness (QED) is 0.901. The largest absolute Gasteiger partial charge is 0.454 e. The summed E-state index contributed by atoms with van der Waals surface area (Å²) in [4.78, 5) is 6.89. The van der Waals surface area contributed by atoms with Gasteiger partial charge in [-0.2, -0.15) is 0 Å². The minimum atomic E-state index is 0.299. The number of fused-ring (bicyclic) bond motifs is 2. The molecule has 2 aliphatic rings. The molecule has 0 spiro atoms. The highest BCUT2D eigenvalue weighted by molar-refractivity contribution is 5.94. The molecule has 0 bridgehead atoms. The highest BCUT2D eigenvalue weighted by atomic mass is 16.7. The Labute approximate surface area is 117 Å². The smallest absolute Gasteiger partial charge is 0.231 e. The molecular formula is C15H17N3O2. The van der Waals surface area contributed by atoms with Crippen LogP contribution in [-0.4, -0.2) is 31.4 Å². The molecule has 1 atom stereocenters. The fourth-order valence-corrected chi connectivity index (χ4v) is 3.02. The van der Waals surface area contributed by atoms with Crippen LogP contribution in [-0.2, 0) is 0 Å². The Hall–Kier alpha value is -2.01. The lowest BCUT2D eigenvalue weighted by Crippen LogP contribution is -2.23. The van der Waals surface area contributed by atoms with Crippen LogP contribution in [0.15, 0.2) is 24.4 Å². The van der Waals surface area contributed by atoms with Crippen molar-refractivity contribution in [2.45, 2.75) is 6.42 Å². The van der Waals surface area contributed by atoms with E-state index in [1.807, 2.05) is 24.4 Å². The third-order valence-electron chi connectivity index (χ3n) is 4.16. The van der Waals surface area contributed by atoms with E-state index in [0.29, 0.717) is 12.7 Å². The van der Waals surface area contributed by atoms with E-state index < -0.39 is 0 Å². The Morgan fingerprint density at radius 2 is 2.15 bits per heavy atom. The first-order valence-corrected chi connectivity index (χ1v) is 6.98. The van der Waals surface area contributed by atoms with E-state index in [9.17, 15) is 0 Å². The number of ether oxygens (including phenoxy) is 2. The summed E-state index contributed by atoms with van der Waals surface area (Å²) in [5.41, 5.74) is 5.78. The van der Waals surface area contributed by atoms with E-state index in [-0.39, 0.29) is 0 Å². The van der Waals surface area contributed by atoms with E-state index in [4.69, 9.17) is 15.2 Å². The van der Waals surface area contributed by atoms with Gasteiger partial charge in [-0.15, -0.1) is 0 Å². The maximum absolute atomic E-state index is 5.78. The standard InChI is InChI=1S/C15H17N3O2/c16-7-10-2-4-18(8-10)15-12-6-14-13(19-9-20-14)5-11(12)1-3-17-15/h1,3,5-6,10H,2,4,7-9,16H2. The predicted molar refractivity (Wildman–Crippen MR) is 77.2 cm³/mol. The van der Waals surface area contributed by atoms with E-state index in [2.05, 4.69) is 9.88 Å². The van der Waals surface area contributed by atoms with Gasteiger partial charge >= 0.3 is 0 Å². The van der Waals surface area contributed by atoms with Crippen molar-refractivity contribution < 1.29 is 9.47 Å². The molecule has 0 saturated carbocycles. The molecule has 5 heteroatoms. The summed E-state index contributed by atoms with van der Waals surface area (Å²) >= 11 is 0. The molecule has 1 unspecified atom stereocenters. The van der Waals surface area contributed by atoms with Gasteiger partial charge in [0.2, 0.25) is 6.79 Å². The first-order valence-electron chi connectivity index (χ1n) is 6.98. The summed E-state index contributed by atoms with van der Waals surface area (Å²) < 4.78 is 10.9. The molecular weight excluding hydrogens is 254 g/mol. The molecule has 104 valence electrons. The second-order valence-corrected chi connectivity index (χ2v) is 5.40. The van der Waals surface area contributed by atoms with Crippen molar-refractivity contribution in [3.05, 3.63) is 24.4 Å².